The van der Waals surface area contributed by atoms with E-state index in [4.69, 9.17) is 21.1 Å². The number of aliphatic hydroxyl groups excluding tert-OH is 1. The molecule has 0 bridgehead atoms. The fraction of sp³-hybridized carbons (Fsp3) is 0.643. The predicted molar refractivity (Wildman–Crippen MR) is 80.9 cm³/mol. The quantitative estimate of drug-likeness (QED) is 0.852. The van der Waals surface area contributed by atoms with Gasteiger partial charge in [0, 0.05) is 6.07 Å². The third kappa shape index (κ3) is 3.85. The summed E-state index contributed by atoms with van der Waals surface area (Å²) >= 11 is 5.85. The van der Waals surface area contributed by atoms with Gasteiger partial charge in [-0.25, -0.2) is 14.8 Å². The Kier molecular flexibility index (Phi) is 4.89. The summed E-state index contributed by atoms with van der Waals surface area (Å²) in [5, 5.41) is 9.18. The Morgan fingerprint density at radius 2 is 2.23 bits per heavy atom. The second-order valence-corrected chi connectivity index (χ2v) is 6.43. The standard InChI is InChI=1S/C14H20ClN3O4/c1-8(22-14(2,3)4)10-7-21-13(20)18(10)11-5-9(6-19)16-12(15)17-11/h5,8,10,19H,6-7H2,1-4H3/t8-,10?/m1/s1. The Balaban J connectivity index is 2.30. The van der Waals surface area contributed by atoms with E-state index >= 15 is 0 Å². The van der Waals surface area contributed by atoms with E-state index in [1.54, 1.807) is 0 Å². The molecule has 0 aromatic carbocycles. The molecule has 2 rings (SSSR count). The van der Waals surface area contributed by atoms with Crippen LogP contribution in [0.4, 0.5) is 10.6 Å². The third-order valence-electron chi connectivity index (χ3n) is 3.13. The van der Waals surface area contributed by atoms with Crippen molar-refractivity contribution in [3.8, 4) is 0 Å². The van der Waals surface area contributed by atoms with Crippen LogP contribution in [0.1, 0.15) is 33.4 Å². The van der Waals surface area contributed by atoms with Gasteiger partial charge in [-0.05, 0) is 39.3 Å². The lowest BCUT2D eigenvalue weighted by Crippen LogP contribution is -2.45. The van der Waals surface area contributed by atoms with Crippen molar-refractivity contribution in [1.82, 2.24) is 9.97 Å². The average molecular weight is 330 g/mol. The van der Waals surface area contributed by atoms with E-state index in [2.05, 4.69) is 9.97 Å². The van der Waals surface area contributed by atoms with Crippen LogP contribution in [-0.2, 0) is 16.1 Å². The van der Waals surface area contributed by atoms with Crippen molar-refractivity contribution < 1.29 is 19.4 Å². The largest absolute Gasteiger partial charge is 0.447 e. The molecule has 0 radical (unpaired) electrons. The fourth-order valence-electron chi connectivity index (χ4n) is 2.34. The van der Waals surface area contributed by atoms with E-state index in [1.807, 2.05) is 27.7 Å². The molecule has 1 unspecified atom stereocenters. The van der Waals surface area contributed by atoms with Gasteiger partial charge in [0.2, 0.25) is 5.28 Å². The Hall–Kier alpha value is -1.44. The number of ether oxygens (including phenoxy) is 2. The molecule has 1 N–H and O–H groups in total. The lowest BCUT2D eigenvalue weighted by atomic mass is 10.1. The van der Waals surface area contributed by atoms with E-state index in [0.717, 1.165) is 0 Å². The Bertz CT molecular complexity index is 562. The molecule has 0 aliphatic carbocycles. The van der Waals surface area contributed by atoms with Gasteiger partial charge < -0.3 is 14.6 Å². The van der Waals surface area contributed by atoms with E-state index in [-0.39, 0.29) is 36.2 Å². The molecule has 8 heteroatoms. The number of cyclic esters (lactones) is 1. The number of hydrogen-bond donors (Lipinski definition) is 1. The second kappa shape index (κ2) is 6.36. The van der Waals surface area contributed by atoms with Crippen LogP contribution >= 0.6 is 11.6 Å². The van der Waals surface area contributed by atoms with E-state index < -0.39 is 6.09 Å². The van der Waals surface area contributed by atoms with Crippen molar-refractivity contribution >= 4 is 23.5 Å². The highest BCUT2D eigenvalue weighted by atomic mass is 35.5. The molecule has 7 nitrogen and oxygen atoms in total. The maximum atomic E-state index is 12.0. The summed E-state index contributed by atoms with van der Waals surface area (Å²) in [6, 6.07) is 1.18. The number of hydrogen-bond acceptors (Lipinski definition) is 6. The van der Waals surface area contributed by atoms with Crippen molar-refractivity contribution in [2.75, 3.05) is 11.5 Å². The molecule has 122 valence electrons. The fourth-order valence-corrected chi connectivity index (χ4v) is 2.53. The minimum absolute atomic E-state index is 0.0376. The first-order chi connectivity index (χ1) is 10.2. The van der Waals surface area contributed by atoms with E-state index in [1.165, 1.54) is 11.0 Å². The molecule has 2 heterocycles. The molecule has 0 spiro atoms. The molecule has 1 saturated heterocycles. The topological polar surface area (TPSA) is 84.8 Å². The van der Waals surface area contributed by atoms with Gasteiger partial charge >= 0.3 is 6.09 Å². The van der Waals surface area contributed by atoms with Crippen LogP contribution in [0.5, 0.6) is 0 Å². The number of halogens is 1. The first-order valence-corrected chi connectivity index (χ1v) is 7.37. The molecule has 0 saturated carbocycles. The summed E-state index contributed by atoms with van der Waals surface area (Å²) in [4.78, 5) is 21.4. The summed E-state index contributed by atoms with van der Waals surface area (Å²) in [7, 11) is 0. The first kappa shape index (κ1) is 16.9. The zero-order chi connectivity index (χ0) is 16.5. The van der Waals surface area contributed by atoms with Gasteiger partial charge in [-0.1, -0.05) is 0 Å². The van der Waals surface area contributed by atoms with Crippen molar-refractivity contribution in [3.05, 3.63) is 17.0 Å². The maximum absolute atomic E-state index is 12.0. The van der Waals surface area contributed by atoms with Gasteiger partial charge in [0.25, 0.3) is 0 Å². The Morgan fingerprint density at radius 3 is 2.82 bits per heavy atom. The summed E-state index contributed by atoms with van der Waals surface area (Å²) in [5.74, 6) is 0.293. The number of nitrogens with zero attached hydrogens (tertiary/aromatic N) is 3. The normalized spacial score (nSPS) is 20.2. The molecular weight excluding hydrogens is 310 g/mol. The number of rotatable bonds is 4. The molecule has 1 fully saturated rings. The maximum Gasteiger partial charge on any atom is 0.416 e. The minimum Gasteiger partial charge on any atom is -0.447 e. The number of amides is 1. The molecule has 1 aromatic heterocycles. The SMILES string of the molecule is C[C@@H](OC(C)(C)C)C1COC(=O)N1c1cc(CO)nc(Cl)n1. The van der Waals surface area contributed by atoms with Crippen molar-refractivity contribution in [2.24, 2.45) is 0 Å². The van der Waals surface area contributed by atoms with E-state index in [0.29, 0.717) is 11.5 Å². The van der Waals surface area contributed by atoms with Crippen LogP contribution in [0.3, 0.4) is 0 Å². The predicted octanol–water partition coefficient (Wildman–Crippen LogP) is 2.15. The number of anilines is 1. The van der Waals surface area contributed by atoms with Gasteiger partial charge in [0.05, 0.1) is 24.0 Å². The summed E-state index contributed by atoms with van der Waals surface area (Å²) < 4.78 is 11.0. The van der Waals surface area contributed by atoms with Crippen LogP contribution in [0.2, 0.25) is 5.28 Å². The lowest BCUT2D eigenvalue weighted by molar-refractivity contribution is -0.0618. The zero-order valence-corrected chi connectivity index (χ0v) is 13.8. The molecule has 1 aliphatic rings. The number of carbonyl (C=O) groups excluding carboxylic acids is 1. The monoisotopic (exact) mass is 329 g/mol. The highest BCUT2D eigenvalue weighted by molar-refractivity contribution is 6.28. The molecule has 2 atom stereocenters. The smallest absolute Gasteiger partial charge is 0.416 e. The molecule has 1 aliphatic heterocycles. The number of aliphatic hydroxyl groups is 1. The van der Waals surface area contributed by atoms with Gasteiger partial charge in [-0.15, -0.1) is 0 Å². The van der Waals surface area contributed by atoms with Crippen molar-refractivity contribution in [2.45, 2.75) is 52.0 Å². The van der Waals surface area contributed by atoms with Gasteiger partial charge in [-0.3, -0.25) is 4.90 Å². The zero-order valence-electron chi connectivity index (χ0n) is 13.0. The van der Waals surface area contributed by atoms with Crippen LogP contribution in [0.25, 0.3) is 0 Å². The Labute approximate surface area is 134 Å². The van der Waals surface area contributed by atoms with Gasteiger partial charge in [-0.2, -0.15) is 0 Å². The van der Waals surface area contributed by atoms with Gasteiger partial charge in [0.1, 0.15) is 18.5 Å². The van der Waals surface area contributed by atoms with Crippen LogP contribution in [-0.4, -0.2) is 45.5 Å². The van der Waals surface area contributed by atoms with E-state index in [9.17, 15) is 9.90 Å². The summed E-state index contributed by atoms with van der Waals surface area (Å²) in [6.45, 7) is 7.61. The highest BCUT2D eigenvalue weighted by Crippen LogP contribution is 2.27. The molecule has 1 amide bonds. The molecule has 1 aromatic rings. The van der Waals surface area contributed by atoms with Crippen molar-refractivity contribution in [3.63, 3.8) is 0 Å². The van der Waals surface area contributed by atoms with Gasteiger partial charge in [0.15, 0.2) is 0 Å². The molecular formula is C14H20ClN3O4. The summed E-state index contributed by atoms with van der Waals surface area (Å²) in [6.07, 6.45) is -0.786. The lowest BCUT2D eigenvalue weighted by Gasteiger charge is -2.31. The Morgan fingerprint density at radius 1 is 1.55 bits per heavy atom. The summed E-state index contributed by atoms with van der Waals surface area (Å²) in [5.41, 5.74) is -0.0196. The third-order valence-corrected chi connectivity index (χ3v) is 3.30. The van der Waals surface area contributed by atoms with Crippen LogP contribution < -0.4 is 4.90 Å². The highest BCUT2D eigenvalue weighted by Gasteiger charge is 2.40. The minimum atomic E-state index is -0.520. The first-order valence-electron chi connectivity index (χ1n) is 6.99. The van der Waals surface area contributed by atoms with Crippen molar-refractivity contribution in [1.29, 1.82) is 0 Å². The average Bonchev–Trinajstić information content (AvgIpc) is 2.78. The molecule has 22 heavy (non-hydrogen) atoms. The van der Waals surface area contributed by atoms with Crippen LogP contribution in [0.15, 0.2) is 6.07 Å². The van der Waals surface area contributed by atoms with Crippen LogP contribution in [0, 0.1) is 0 Å². The number of carbonyl (C=O) groups is 1. The number of aromatic nitrogens is 2. The second-order valence-electron chi connectivity index (χ2n) is 6.09.